The molecular weight excluding hydrogens is 138 g/mol. The van der Waals surface area contributed by atoms with Gasteiger partial charge in [0.2, 0.25) is 0 Å². The number of nitrogens with two attached hydrogens (primary N) is 1. The molecule has 0 radical (unpaired) electrons. The van der Waals surface area contributed by atoms with Crippen molar-refractivity contribution in [1.82, 2.24) is 4.90 Å². The van der Waals surface area contributed by atoms with Crippen molar-refractivity contribution in [3.63, 3.8) is 0 Å². The molecular formula is C8H17N3. The van der Waals surface area contributed by atoms with E-state index in [2.05, 4.69) is 23.7 Å². The Labute approximate surface area is 68.3 Å². The van der Waals surface area contributed by atoms with Crippen LogP contribution in [0.3, 0.4) is 0 Å². The molecule has 0 saturated carbocycles. The van der Waals surface area contributed by atoms with Crippen LogP contribution in [0.25, 0.3) is 0 Å². The molecule has 3 nitrogen and oxygen atoms in total. The Morgan fingerprint density at radius 3 is 2.82 bits per heavy atom. The van der Waals surface area contributed by atoms with E-state index in [1.807, 2.05) is 0 Å². The summed E-state index contributed by atoms with van der Waals surface area (Å²) in [5.74, 6) is 1.48. The van der Waals surface area contributed by atoms with Gasteiger partial charge >= 0.3 is 0 Å². The number of hydrogen-bond acceptors (Lipinski definition) is 3. The molecule has 0 aromatic heterocycles. The first-order valence-corrected chi connectivity index (χ1v) is 4.25. The highest BCUT2D eigenvalue weighted by Gasteiger charge is 2.12. The van der Waals surface area contributed by atoms with Crippen LogP contribution >= 0.6 is 0 Å². The second-order valence-corrected chi connectivity index (χ2v) is 3.41. The van der Waals surface area contributed by atoms with E-state index in [1.165, 1.54) is 6.42 Å². The molecule has 3 heteroatoms. The van der Waals surface area contributed by atoms with Crippen molar-refractivity contribution in [2.75, 3.05) is 19.6 Å². The summed E-state index contributed by atoms with van der Waals surface area (Å²) in [6.45, 7) is 7.41. The lowest BCUT2D eigenvalue weighted by molar-refractivity contribution is 0.404. The first-order valence-electron chi connectivity index (χ1n) is 4.25. The Balaban J connectivity index is 2.22. The van der Waals surface area contributed by atoms with Gasteiger partial charge in [-0.2, -0.15) is 0 Å². The first-order chi connectivity index (χ1) is 5.20. The van der Waals surface area contributed by atoms with Gasteiger partial charge < -0.3 is 10.6 Å². The largest absolute Gasteiger partial charge is 0.370 e. The first kappa shape index (κ1) is 8.37. The highest BCUT2D eigenvalue weighted by Crippen LogP contribution is 2.04. The second-order valence-electron chi connectivity index (χ2n) is 3.41. The molecule has 0 saturated heterocycles. The lowest BCUT2D eigenvalue weighted by Gasteiger charge is -2.17. The van der Waals surface area contributed by atoms with Crippen molar-refractivity contribution in [1.29, 1.82) is 0 Å². The summed E-state index contributed by atoms with van der Waals surface area (Å²) in [6.07, 6.45) is 1.20. The van der Waals surface area contributed by atoms with Gasteiger partial charge in [-0.25, -0.2) is 0 Å². The van der Waals surface area contributed by atoms with E-state index in [1.54, 1.807) is 0 Å². The minimum Gasteiger partial charge on any atom is -0.370 e. The summed E-state index contributed by atoms with van der Waals surface area (Å²) < 4.78 is 0. The molecule has 0 aromatic carbocycles. The van der Waals surface area contributed by atoms with Gasteiger partial charge in [-0.3, -0.25) is 4.99 Å². The fourth-order valence-corrected chi connectivity index (χ4v) is 1.14. The Morgan fingerprint density at radius 2 is 2.36 bits per heavy atom. The molecule has 1 aliphatic heterocycles. The molecule has 0 aromatic rings. The number of hydrogen-bond donors (Lipinski definition) is 1. The van der Waals surface area contributed by atoms with E-state index >= 15 is 0 Å². The maximum atomic E-state index is 5.64. The maximum absolute atomic E-state index is 5.64. The molecule has 64 valence electrons. The topological polar surface area (TPSA) is 41.6 Å². The molecule has 0 amide bonds. The monoisotopic (exact) mass is 155 g/mol. The summed E-state index contributed by atoms with van der Waals surface area (Å²) in [6, 6.07) is 0. The van der Waals surface area contributed by atoms with Crippen LogP contribution in [0.4, 0.5) is 0 Å². The van der Waals surface area contributed by atoms with Crippen LogP contribution in [0.1, 0.15) is 20.3 Å². The van der Waals surface area contributed by atoms with Gasteiger partial charge in [-0.1, -0.05) is 13.8 Å². The molecule has 1 aliphatic rings. The fourth-order valence-electron chi connectivity index (χ4n) is 1.14. The van der Waals surface area contributed by atoms with Crippen LogP contribution in [0.15, 0.2) is 4.99 Å². The van der Waals surface area contributed by atoms with E-state index in [9.17, 15) is 0 Å². The lowest BCUT2D eigenvalue weighted by atomic mass is 10.1. The predicted octanol–water partition coefficient (Wildman–Crippen LogP) is 0.663. The van der Waals surface area contributed by atoms with Gasteiger partial charge in [0.15, 0.2) is 5.96 Å². The third-order valence-electron chi connectivity index (χ3n) is 1.94. The highest BCUT2D eigenvalue weighted by molar-refractivity contribution is 5.79. The van der Waals surface area contributed by atoms with Crippen LogP contribution in [0.2, 0.25) is 0 Å². The van der Waals surface area contributed by atoms with Crippen molar-refractivity contribution in [2.24, 2.45) is 16.6 Å². The second kappa shape index (κ2) is 3.60. The van der Waals surface area contributed by atoms with Crippen LogP contribution in [-0.4, -0.2) is 30.5 Å². The van der Waals surface area contributed by atoms with Gasteiger partial charge in [-0.05, 0) is 12.3 Å². The van der Waals surface area contributed by atoms with E-state index in [0.29, 0.717) is 0 Å². The summed E-state index contributed by atoms with van der Waals surface area (Å²) in [7, 11) is 0. The summed E-state index contributed by atoms with van der Waals surface area (Å²) >= 11 is 0. The normalized spacial score (nSPS) is 17.7. The van der Waals surface area contributed by atoms with E-state index in [0.717, 1.165) is 31.5 Å². The van der Waals surface area contributed by atoms with Gasteiger partial charge in [0.05, 0.1) is 6.54 Å². The summed E-state index contributed by atoms with van der Waals surface area (Å²) in [5, 5.41) is 0. The molecule has 0 unspecified atom stereocenters. The standard InChI is InChI=1S/C8H17N3/c1-7(2)3-5-11-6-4-10-8(11)9/h7H,3-6H2,1-2H3,(H2,9,10). The van der Waals surface area contributed by atoms with E-state index in [4.69, 9.17) is 5.73 Å². The zero-order valence-corrected chi connectivity index (χ0v) is 7.38. The predicted molar refractivity (Wildman–Crippen MR) is 47.5 cm³/mol. The number of guanidine groups is 1. The third kappa shape index (κ3) is 2.41. The number of rotatable bonds is 3. The Kier molecular flexibility index (Phi) is 2.74. The van der Waals surface area contributed by atoms with Gasteiger partial charge in [-0.15, -0.1) is 0 Å². The van der Waals surface area contributed by atoms with Crippen molar-refractivity contribution < 1.29 is 0 Å². The minimum absolute atomic E-state index is 0.727. The highest BCUT2D eigenvalue weighted by atomic mass is 15.3. The molecule has 1 rings (SSSR count). The summed E-state index contributed by atoms with van der Waals surface area (Å²) in [4.78, 5) is 6.27. The van der Waals surface area contributed by atoms with Gasteiger partial charge in [0.1, 0.15) is 0 Å². The molecule has 0 spiro atoms. The van der Waals surface area contributed by atoms with Crippen LogP contribution < -0.4 is 5.73 Å². The van der Waals surface area contributed by atoms with Gasteiger partial charge in [0.25, 0.3) is 0 Å². The zero-order chi connectivity index (χ0) is 8.27. The number of aliphatic imine (C=N–C) groups is 1. The minimum atomic E-state index is 0.727. The van der Waals surface area contributed by atoms with E-state index < -0.39 is 0 Å². The zero-order valence-electron chi connectivity index (χ0n) is 7.38. The quantitative estimate of drug-likeness (QED) is 0.650. The van der Waals surface area contributed by atoms with Crippen LogP contribution in [-0.2, 0) is 0 Å². The average Bonchev–Trinajstić information content (AvgIpc) is 2.31. The molecule has 0 atom stereocenters. The van der Waals surface area contributed by atoms with Crippen molar-refractivity contribution >= 4 is 5.96 Å². The molecule has 1 heterocycles. The molecule has 11 heavy (non-hydrogen) atoms. The lowest BCUT2D eigenvalue weighted by Crippen LogP contribution is -2.34. The summed E-state index contributed by atoms with van der Waals surface area (Å²) in [5.41, 5.74) is 5.64. The number of nitrogens with zero attached hydrogens (tertiary/aromatic N) is 2. The average molecular weight is 155 g/mol. The van der Waals surface area contributed by atoms with Gasteiger partial charge in [0, 0.05) is 13.1 Å². The Morgan fingerprint density at radius 1 is 1.64 bits per heavy atom. The maximum Gasteiger partial charge on any atom is 0.191 e. The SMILES string of the molecule is CC(C)CCN1CCN=C1N. The van der Waals surface area contributed by atoms with Crippen LogP contribution in [0, 0.1) is 5.92 Å². The Bertz CT molecular complexity index is 151. The Hall–Kier alpha value is -0.730. The molecule has 2 N–H and O–H groups in total. The van der Waals surface area contributed by atoms with E-state index in [-0.39, 0.29) is 0 Å². The molecule has 0 bridgehead atoms. The van der Waals surface area contributed by atoms with Crippen molar-refractivity contribution in [3.05, 3.63) is 0 Å². The third-order valence-corrected chi connectivity index (χ3v) is 1.94. The van der Waals surface area contributed by atoms with Crippen molar-refractivity contribution in [3.8, 4) is 0 Å². The van der Waals surface area contributed by atoms with Crippen molar-refractivity contribution in [2.45, 2.75) is 20.3 Å². The molecule has 0 fully saturated rings. The smallest absolute Gasteiger partial charge is 0.191 e. The molecule has 0 aliphatic carbocycles. The van der Waals surface area contributed by atoms with Crippen LogP contribution in [0.5, 0.6) is 0 Å². The fraction of sp³-hybridized carbons (Fsp3) is 0.875.